The molecule has 0 bridgehead atoms. The quantitative estimate of drug-likeness (QED) is 0.759. The zero-order valence-electron chi connectivity index (χ0n) is 9.81. The van der Waals surface area contributed by atoms with Crippen LogP contribution in [0, 0.1) is 0 Å². The minimum atomic E-state index is 0.859. The summed E-state index contributed by atoms with van der Waals surface area (Å²) in [6, 6.07) is 0. The number of rotatable bonds is 6. The number of hydrogen-bond acceptors (Lipinski definition) is 2. The second-order valence-corrected chi connectivity index (χ2v) is 3.86. The molecule has 0 aliphatic rings. The summed E-state index contributed by atoms with van der Waals surface area (Å²) in [4.78, 5) is 0. The average Bonchev–Trinajstić information content (AvgIpc) is 2.56. The molecule has 0 atom stereocenters. The first-order valence-corrected chi connectivity index (χ1v) is 6.07. The summed E-state index contributed by atoms with van der Waals surface area (Å²) >= 11 is 6.28. The van der Waals surface area contributed by atoms with Gasteiger partial charge in [0, 0.05) is 19.5 Å². The molecule has 1 aromatic heterocycles. The highest BCUT2D eigenvalue weighted by molar-refractivity contribution is 6.31. The summed E-state index contributed by atoms with van der Waals surface area (Å²) < 4.78 is 2.01. The molecule has 0 unspecified atom stereocenters. The van der Waals surface area contributed by atoms with Crippen LogP contribution in [0.2, 0.25) is 5.02 Å². The van der Waals surface area contributed by atoms with Crippen molar-refractivity contribution in [1.29, 1.82) is 0 Å². The summed E-state index contributed by atoms with van der Waals surface area (Å²) in [6.07, 6.45) is 1.85. The first kappa shape index (κ1) is 12.5. The van der Waals surface area contributed by atoms with Gasteiger partial charge in [0.2, 0.25) is 0 Å². The topological polar surface area (TPSA) is 29.9 Å². The Hall–Kier alpha value is -0.540. The van der Waals surface area contributed by atoms with E-state index < -0.39 is 0 Å². The molecule has 0 saturated heterocycles. The SMILES string of the molecule is CCNCCc1c(Cl)c(CC)nn1CC. The highest BCUT2D eigenvalue weighted by Crippen LogP contribution is 2.21. The van der Waals surface area contributed by atoms with Crippen LogP contribution in [0.5, 0.6) is 0 Å². The van der Waals surface area contributed by atoms with E-state index in [1.807, 2.05) is 4.68 Å². The van der Waals surface area contributed by atoms with Crippen molar-refractivity contribution in [3.05, 3.63) is 16.4 Å². The summed E-state index contributed by atoms with van der Waals surface area (Å²) in [5.74, 6) is 0. The Balaban J connectivity index is 2.78. The maximum atomic E-state index is 6.28. The maximum absolute atomic E-state index is 6.28. The zero-order chi connectivity index (χ0) is 11.3. The van der Waals surface area contributed by atoms with Crippen molar-refractivity contribution < 1.29 is 0 Å². The lowest BCUT2D eigenvalue weighted by atomic mass is 10.2. The Labute approximate surface area is 96.8 Å². The lowest BCUT2D eigenvalue weighted by Gasteiger charge is -2.05. The van der Waals surface area contributed by atoms with E-state index in [0.717, 1.165) is 48.9 Å². The summed E-state index contributed by atoms with van der Waals surface area (Å²) in [5.41, 5.74) is 2.18. The lowest BCUT2D eigenvalue weighted by molar-refractivity contribution is 0.598. The van der Waals surface area contributed by atoms with E-state index in [-0.39, 0.29) is 0 Å². The summed E-state index contributed by atoms with van der Waals surface area (Å²) in [7, 11) is 0. The van der Waals surface area contributed by atoms with Crippen LogP contribution in [0.25, 0.3) is 0 Å². The van der Waals surface area contributed by atoms with E-state index in [1.54, 1.807) is 0 Å². The molecular weight excluding hydrogens is 210 g/mol. The van der Waals surface area contributed by atoms with Crippen LogP contribution < -0.4 is 5.32 Å². The van der Waals surface area contributed by atoms with Crippen LogP contribution in [-0.2, 0) is 19.4 Å². The number of nitrogens with zero attached hydrogens (tertiary/aromatic N) is 2. The molecule has 0 aliphatic carbocycles. The van der Waals surface area contributed by atoms with E-state index in [4.69, 9.17) is 11.6 Å². The van der Waals surface area contributed by atoms with E-state index >= 15 is 0 Å². The molecule has 0 saturated carbocycles. The molecular formula is C11H20ClN3. The van der Waals surface area contributed by atoms with Crippen LogP contribution in [0.15, 0.2) is 0 Å². The molecule has 1 heterocycles. The molecule has 1 rings (SSSR count). The molecule has 0 spiro atoms. The van der Waals surface area contributed by atoms with E-state index in [0.29, 0.717) is 0 Å². The third kappa shape index (κ3) is 2.95. The van der Waals surface area contributed by atoms with Gasteiger partial charge in [-0.1, -0.05) is 25.4 Å². The number of likely N-dealkylation sites (N-methyl/N-ethyl adjacent to an activating group) is 1. The third-order valence-electron chi connectivity index (χ3n) is 2.48. The molecule has 1 N–H and O–H groups in total. The van der Waals surface area contributed by atoms with Crippen LogP contribution in [0.1, 0.15) is 32.2 Å². The van der Waals surface area contributed by atoms with Gasteiger partial charge >= 0.3 is 0 Å². The molecule has 1 aromatic rings. The van der Waals surface area contributed by atoms with Crippen LogP contribution in [-0.4, -0.2) is 22.9 Å². The molecule has 86 valence electrons. The predicted molar refractivity (Wildman–Crippen MR) is 64.5 cm³/mol. The molecule has 0 aromatic carbocycles. The molecule has 0 fully saturated rings. The standard InChI is InChI=1S/C11H20ClN3/c1-4-9-11(12)10(7-8-13-5-2)15(6-3)14-9/h13H,4-8H2,1-3H3. The number of aryl methyl sites for hydroxylation is 2. The first-order valence-electron chi connectivity index (χ1n) is 5.69. The van der Waals surface area contributed by atoms with Gasteiger partial charge < -0.3 is 5.32 Å². The Morgan fingerprint density at radius 2 is 2.07 bits per heavy atom. The van der Waals surface area contributed by atoms with Gasteiger partial charge in [0.15, 0.2) is 0 Å². The zero-order valence-corrected chi connectivity index (χ0v) is 10.6. The van der Waals surface area contributed by atoms with Gasteiger partial charge in [0.05, 0.1) is 16.4 Å². The minimum Gasteiger partial charge on any atom is -0.317 e. The van der Waals surface area contributed by atoms with Crippen molar-refractivity contribution in [3.63, 3.8) is 0 Å². The smallest absolute Gasteiger partial charge is 0.0850 e. The molecule has 3 nitrogen and oxygen atoms in total. The van der Waals surface area contributed by atoms with Crippen molar-refractivity contribution in [1.82, 2.24) is 15.1 Å². The van der Waals surface area contributed by atoms with Crippen LogP contribution >= 0.6 is 11.6 Å². The normalized spacial score (nSPS) is 10.9. The van der Waals surface area contributed by atoms with Gasteiger partial charge in [0.1, 0.15) is 0 Å². The lowest BCUT2D eigenvalue weighted by Crippen LogP contribution is -2.18. The highest BCUT2D eigenvalue weighted by Gasteiger charge is 2.13. The Kier molecular flexibility index (Phi) is 5.12. The predicted octanol–water partition coefficient (Wildman–Crippen LogP) is 2.27. The Morgan fingerprint density at radius 1 is 1.33 bits per heavy atom. The van der Waals surface area contributed by atoms with Crippen LogP contribution in [0.4, 0.5) is 0 Å². The van der Waals surface area contributed by atoms with Gasteiger partial charge in [-0.25, -0.2) is 0 Å². The maximum Gasteiger partial charge on any atom is 0.0850 e. The fourth-order valence-electron chi connectivity index (χ4n) is 1.64. The molecule has 15 heavy (non-hydrogen) atoms. The summed E-state index contributed by atoms with van der Waals surface area (Å²) in [5, 5.41) is 8.64. The number of halogens is 1. The molecule has 4 heteroatoms. The monoisotopic (exact) mass is 229 g/mol. The van der Waals surface area contributed by atoms with Crippen molar-refractivity contribution >= 4 is 11.6 Å². The van der Waals surface area contributed by atoms with Crippen LogP contribution in [0.3, 0.4) is 0 Å². The fourth-order valence-corrected chi connectivity index (χ4v) is 2.00. The number of aromatic nitrogens is 2. The van der Waals surface area contributed by atoms with E-state index in [2.05, 4.69) is 31.2 Å². The van der Waals surface area contributed by atoms with Gasteiger partial charge in [0.25, 0.3) is 0 Å². The number of nitrogens with one attached hydrogen (secondary N) is 1. The van der Waals surface area contributed by atoms with Gasteiger partial charge in [-0.05, 0) is 19.9 Å². The summed E-state index contributed by atoms with van der Waals surface area (Å²) in [6.45, 7) is 9.14. The minimum absolute atomic E-state index is 0.859. The largest absolute Gasteiger partial charge is 0.317 e. The Bertz CT molecular complexity index is 307. The molecule has 0 amide bonds. The fraction of sp³-hybridized carbons (Fsp3) is 0.727. The highest BCUT2D eigenvalue weighted by atomic mass is 35.5. The first-order chi connectivity index (χ1) is 7.24. The van der Waals surface area contributed by atoms with Crippen molar-refractivity contribution in [2.24, 2.45) is 0 Å². The van der Waals surface area contributed by atoms with E-state index in [9.17, 15) is 0 Å². The van der Waals surface area contributed by atoms with Crippen molar-refractivity contribution in [3.8, 4) is 0 Å². The second-order valence-electron chi connectivity index (χ2n) is 3.48. The third-order valence-corrected chi connectivity index (χ3v) is 2.92. The number of hydrogen-bond donors (Lipinski definition) is 1. The molecule has 0 radical (unpaired) electrons. The van der Waals surface area contributed by atoms with E-state index in [1.165, 1.54) is 0 Å². The van der Waals surface area contributed by atoms with Gasteiger partial charge in [-0.3, -0.25) is 4.68 Å². The molecule has 0 aliphatic heterocycles. The van der Waals surface area contributed by atoms with Crippen molar-refractivity contribution in [2.75, 3.05) is 13.1 Å². The van der Waals surface area contributed by atoms with Gasteiger partial charge in [-0.2, -0.15) is 5.10 Å². The Morgan fingerprint density at radius 3 is 2.60 bits per heavy atom. The second kappa shape index (κ2) is 6.13. The average molecular weight is 230 g/mol. The van der Waals surface area contributed by atoms with Crippen molar-refractivity contribution in [2.45, 2.75) is 40.2 Å². The van der Waals surface area contributed by atoms with Gasteiger partial charge in [-0.15, -0.1) is 0 Å².